The number of hydrogen-bond donors (Lipinski definition) is 1. The van der Waals surface area contributed by atoms with Crippen molar-refractivity contribution >= 4 is 15.8 Å². The van der Waals surface area contributed by atoms with Gasteiger partial charge >= 0.3 is 0 Å². The van der Waals surface area contributed by atoms with Crippen LogP contribution in [0, 0.1) is 5.92 Å². The molecule has 1 rings (SSSR count). The predicted molar refractivity (Wildman–Crippen MR) is 95.7 cm³/mol. The number of rotatable bonds is 7. The van der Waals surface area contributed by atoms with E-state index in [1.54, 1.807) is 13.8 Å². The average molecular weight is 348 g/mol. The topological polar surface area (TPSA) is 71.0 Å². The van der Waals surface area contributed by atoms with Crippen molar-refractivity contribution in [1.29, 1.82) is 0 Å². The molecule has 1 heterocycles. The molecule has 0 amide bonds. The summed E-state index contributed by atoms with van der Waals surface area (Å²) in [6.07, 6.45) is 1.06. The summed E-state index contributed by atoms with van der Waals surface area (Å²) in [6.45, 7) is 13.6. The quantitative estimate of drug-likeness (QED) is 0.429. The fourth-order valence-electron chi connectivity index (χ4n) is 2.39. The van der Waals surface area contributed by atoms with Crippen LogP contribution in [-0.2, 0) is 14.6 Å². The first kappa shape index (κ1) is 20.2. The fourth-order valence-corrected chi connectivity index (χ4v) is 3.75. The first-order chi connectivity index (χ1) is 10.7. The SMILES string of the molecule is CCNC(=NCCOCCC(C)C)N1CCS(=O)(=O)C(C)(C)C1. The lowest BCUT2D eigenvalue weighted by Gasteiger charge is -2.39. The molecule has 136 valence electrons. The van der Waals surface area contributed by atoms with Crippen LogP contribution in [0.5, 0.6) is 0 Å². The molecule has 1 saturated heterocycles. The van der Waals surface area contributed by atoms with Gasteiger partial charge in [0, 0.05) is 26.2 Å². The summed E-state index contributed by atoms with van der Waals surface area (Å²) < 4.78 is 29.1. The Morgan fingerprint density at radius 1 is 1.35 bits per heavy atom. The number of aliphatic imine (C=N–C) groups is 1. The molecule has 1 aliphatic heterocycles. The zero-order valence-electron chi connectivity index (χ0n) is 15.3. The van der Waals surface area contributed by atoms with Crippen molar-refractivity contribution < 1.29 is 13.2 Å². The van der Waals surface area contributed by atoms with Gasteiger partial charge in [-0.3, -0.25) is 4.99 Å². The smallest absolute Gasteiger partial charge is 0.194 e. The Kier molecular flexibility index (Phi) is 7.80. The Morgan fingerprint density at radius 3 is 2.61 bits per heavy atom. The van der Waals surface area contributed by atoms with Crippen molar-refractivity contribution in [2.75, 3.05) is 45.1 Å². The minimum absolute atomic E-state index is 0.176. The zero-order chi connectivity index (χ0) is 17.5. The van der Waals surface area contributed by atoms with Crippen molar-refractivity contribution in [3.8, 4) is 0 Å². The molecule has 0 radical (unpaired) electrons. The first-order valence-electron chi connectivity index (χ1n) is 8.53. The van der Waals surface area contributed by atoms with E-state index in [0.717, 1.165) is 25.5 Å². The molecule has 0 saturated carbocycles. The van der Waals surface area contributed by atoms with E-state index in [1.807, 2.05) is 11.8 Å². The summed E-state index contributed by atoms with van der Waals surface area (Å²) in [4.78, 5) is 6.62. The van der Waals surface area contributed by atoms with Crippen molar-refractivity contribution in [3.63, 3.8) is 0 Å². The van der Waals surface area contributed by atoms with Crippen molar-refractivity contribution in [2.45, 2.75) is 45.8 Å². The lowest BCUT2D eigenvalue weighted by Crippen LogP contribution is -2.57. The Hall–Kier alpha value is -0.820. The maximum Gasteiger partial charge on any atom is 0.194 e. The van der Waals surface area contributed by atoms with E-state index in [9.17, 15) is 8.42 Å². The van der Waals surface area contributed by atoms with Crippen molar-refractivity contribution in [3.05, 3.63) is 0 Å². The van der Waals surface area contributed by atoms with E-state index in [0.29, 0.717) is 32.2 Å². The molecule has 7 heteroatoms. The Morgan fingerprint density at radius 2 is 2.04 bits per heavy atom. The molecule has 6 nitrogen and oxygen atoms in total. The van der Waals surface area contributed by atoms with E-state index in [1.165, 1.54) is 0 Å². The summed E-state index contributed by atoms with van der Waals surface area (Å²) in [5, 5.41) is 3.25. The molecule has 0 aromatic carbocycles. The largest absolute Gasteiger partial charge is 0.380 e. The van der Waals surface area contributed by atoms with Gasteiger partial charge in [0.05, 0.1) is 23.7 Å². The number of ether oxygens (including phenoxy) is 1. The third-order valence-electron chi connectivity index (χ3n) is 4.01. The second-order valence-electron chi connectivity index (χ2n) is 7.03. The van der Waals surface area contributed by atoms with Crippen molar-refractivity contribution in [1.82, 2.24) is 10.2 Å². The molecular formula is C16H33N3O3S. The van der Waals surface area contributed by atoms with Gasteiger partial charge in [0.25, 0.3) is 0 Å². The van der Waals surface area contributed by atoms with Crippen LogP contribution in [-0.4, -0.2) is 69.2 Å². The van der Waals surface area contributed by atoms with Gasteiger partial charge in [-0.1, -0.05) is 13.8 Å². The summed E-state index contributed by atoms with van der Waals surface area (Å²) in [5.41, 5.74) is 0. The molecule has 23 heavy (non-hydrogen) atoms. The molecule has 0 aliphatic carbocycles. The molecular weight excluding hydrogens is 314 g/mol. The van der Waals surface area contributed by atoms with E-state index in [-0.39, 0.29) is 5.75 Å². The molecule has 0 spiro atoms. The molecule has 1 aliphatic rings. The molecule has 0 bridgehead atoms. The summed E-state index contributed by atoms with van der Waals surface area (Å²) in [5.74, 6) is 1.60. The number of sulfone groups is 1. The third-order valence-corrected chi connectivity index (χ3v) is 6.55. The lowest BCUT2D eigenvalue weighted by molar-refractivity contribution is 0.130. The van der Waals surface area contributed by atoms with Gasteiger partial charge < -0.3 is 15.0 Å². The molecule has 0 atom stereocenters. The monoisotopic (exact) mass is 347 g/mol. The molecule has 0 aromatic rings. The average Bonchev–Trinajstić information content (AvgIpc) is 2.44. The maximum atomic E-state index is 12.1. The zero-order valence-corrected chi connectivity index (χ0v) is 16.1. The van der Waals surface area contributed by atoms with Crippen molar-refractivity contribution in [2.24, 2.45) is 10.9 Å². The summed E-state index contributed by atoms with van der Waals surface area (Å²) in [7, 11) is -3.03. The van der Waals surface area contributed by atoms with Crippen LogP contribution in [0.3, 0.4) is 0 Å². The highest BCUT2D eigenvalue weighted by atomic mass is 32.2. The third kappa shape index (κ3) is 6.30. The Labute approximate surface area is 141 Å². The first-order valence-corrected chi connectivity index (χ1v) is 10.2. The predicted octanol–water partition coefficient (Wildman–Crippen LogP) is 1.52. The second kappa shape index (κ2) is 8.87. The molecule has 1 fully saturated rings. The summed E-state index contributed by atoms with van der Waals surface area (Å²) in [6, 6.07) is 0. The summed E-state index contributed by atoms with van der Waals surface area (Å²) >= 11 is 0. The van der Waals surface area contributed by atoms with Gasteiger partial charge in [0.2, 0.25) is 0 Å². The Bertz CT molecular complexity index is 487. The number of guanidine groups is 1. The van der Waals surface area contributed by atoms with Gasteiger partial charge in [0.15, 0.2) is 15.8 Å². The van der Waals surface area contributed by atoms with E-state index in [4.69, 9.17) is 4.74 Å². The Balaban J connectivity index is 2.56. The molecule has 1 N–H and O–H groups in total. The van der Waals surface area contributed by atoms with Gasteiger partial charge in [-0.05, 0) is 33.1 Å². The molecule has 0 aromatic heterocycles. The van der Waals surface area contributed by atoms with Crippen LogP contribution in [0.2, 0.25) is 0 Å². The number of hydrogen-bond acceptors (Lipinski definition) is 4. The van der Waals surface area contributed by atoms with Gasteiger partial charge in [-0.25, -0.2) is 8.42 Å². The standard InChI is InChI=1S/C16H33N3O3S/c1-6-17-15(18-8-11-22-10-7-14(2)3)19-9-12-23(20,21)16(4,5)13-19/h14H,6-13H2,1-5H3,(H,17,18). The van der Waals surface area contributed by atoms with E-state index < -0.39 is 14.6 Å². The highest BCUT2D eigenvalue weighted by Crippen LogP contribution is 2.23. The number of nitrogens with zero attached hydrogens (tertiary/aromatic N) is 2. The van der Waals surface area contributed by atoms with E-state index >= 15 is 0 Å². The van der Waals surface area contributed by atoms with Crippen LogP contribution < -0.4 is 5.32 Å². The fraction of sp³-hybridized carbons (Fsp3) is 0.938. The minimum Gasteiger partial charge on any atom is -0.380 e. The highest BCUT2D eigenvalue weighted by molar-refractivity contribution is 7.92. The lowest BCUT2D eigenvalue weighted by atomic mass is 10.1. The van der Waals surface area contributed by atoms with Gasteiger partial charge in [-0.2, -0.15) is 0 Å². The van der Waals surface area contributed by atoms with Crippen LogP contribution in [0.4, 0.5) is 0 Å². The van der Waals surface area contributed by atoms with E-state index in [2.05, 4.69) is 24.2 Å². The minimum atomic E-state index is -3.03. The molecule has 0 unspecified atom stereocenters. The van der Waals surface area contributed by atoms with Crippen LogP contribution in [0.25, 0.3) is 0 Å². The highest BCUT2D eigenvalue weighted by Gasteiger charge is 2.40. The van der Waals surface area contributed by atoms with Crippen LogP contribution in [0.15, 0.2) is 4.99 Å². The van der Waals surface area contributed by atoms with Crippen LogP contribution in [0.1, 0.15) is 41.0 Å². The van der Waals surface area contributed by atoms with Gasteiger partial charge in [-0.15, -0.1) is 0 Å². The normalized spacial score (nSPS) is 20.8. The second-order valence-corrected chi connectivity index (χ2v) is 9.77. The maximum absolute atomic E-state index is 12.1. The van der Waals surface area contributed by atoms with Gasteiger partial charge in [0.1, 0.15) is 0 Å². The number of nitrogens with one attached hydrogen (secondary N) is 1. The van der Waals surface area contributed by atoms with Crippen LogP contribution >= 0.6 is 0 Å².